The van der Waals surface area contributed by atoms with Crippen LogP contribution in [0.4, 0.5) is 5.69 Å². The van der Waals surface area contributed by atoms with Gasteiger partial charge in [-0.15, -0.1) is 0 Å². The number of nitrogens with zero attached hydrogens (tertiary/aromatic N) is 2. The van der Waals surface area contributed by atoms with Crippen LogP contribution in [0.2, 0.25) is 0 Å². The summed E-state index contributed by atoms with van der Waals surface area (Å²) in [4.78, 5) is 10.4. The Morgan fingerprint density at radius 3 is 2.56 bits per heavy atom. The van der Waals surface area contributed by atoms with Gasteiger partial charge in [-0.1, -0.05) is 18.2 Å². The minimum absolute atomic E-state index is 0.128. The Bertz CT molecular complexity index is 1130. The first-order valence-electron chi connectivity index (χ1n) is 10.6. The Morgan fingerprint density at radius 2 is 1.78 bits per heavy atom. The Balaban J connectivity index is 1.22. The molecule has 2 unspecified atom stereocenters. The highest BCUT2D eigenvalue weighted by atomic mass is 32.2. The summed E-state index contributed by atoms with van der Waals surface area (Å²) in [5.74, 6) is 1.81. The fourth-order valence-corrected chi connectivity index (χ4v) is 6.35. The molecule has 2 fully saturated rings. The lowest BCUT2D eigenvalue weighted by atomic mass is 9.87. The van der Waals surface area contributed by atoms with Crippen molar-refractivity contribution in [1.29, 1.82) is 0 Å². The van der Waals surface area contributed by atoms with Crippen LogP contribution in [0.3, 0.4) is 0 Å². The maximum atomic E-state index is 13.0. The largest absolute Gasteiger partial charge is 0.454 e. The number of fused-ring (bicyclic) bond motifs is 1. The fraction of sp³-hybridized carbons (Fsp3) is 0.429. The molecule has 11 heteroatoms. The molecule has 0 amide bonds. The second-order valence-corrected chi connectivity index (χ2v) is 10.2. The van der Waals surface area contributed by atoms with Crippen molar-refractivity contribution < 1.29 is 22.8 Å². The minimum Gasteiger partial charge on any atom is -0.454 e. The van der Waals surface area contributed by atoms with E-state index < -0.39 is 14.9 Å². The highest BCUT2D eigenvalue weighted by Gasteiger charge is 2.38. The van der Waals surface area contributed by atoms with E-state index in [0.29, 0.717) is 31.8 Å². The number of ether oxygens (including phenoxy) is 2. The van der Waals surface area contributed by atoms with Crippen LogP contribution in [0.5, 0.6) is 11.5 Å². The van der Waals surface area contributed by atoms with Crippen LogP contribution < -0.4 is 20.3 Å². The molecule has 0 spiro atoms. The van der Waals surface area contributed by atoms with Crippen LogP contribution in [-0.4, -0.2) is 43.6 Å². The van der Waals surface area contributed by atoms with E-state index in [1.54, 1.807) is 0 Å². The van der Waals surface area contributed by atoms with Gasteiger partial charge in [0.2, 0.25) is 16.8 Å². The third-order valence-corrected chi connectivity index (χ3v) is 8.43. The molecule has 2 aromatic carbocycles. The highest BCUT2D eigenvalue weighted by molar-refractivity contribution is 7.89. The first kappa shape index (κ1) is 21.1. The van der Waals surface area contributed by atoms with Gasteiger partial charge in [0.05, 0.1) is 4.92 Å². The van der Waals surface area contributed by atoms with Gasteiger partial charge in [0.15, 0.2) is 16.4 Å². The first-order valence-corrected chi connectivity index (χ1v) is 12.0. The maximum absolute atomic E-state index is 13.0. The van der Waals surface area contributed by atoms with Crippen LogP contribution in [0, 0.1) is 16.0 Å². The van der Waals surface area contributed by atoms with Crippen molar-refractivity contribution in [3.05, 3.63) is 58.1 Å². The van der Waals surface area contributed by atoms with E-state index in [1.807, 2.05) is 18.2 Å². The van der Waals surface area contributed by atoms with E-state index in [2.05, 4.69) is 10.9 Å². The van der Waals surface area contributed by atoms with Crippen molar-refractivity contribution in [3.63, 3.8) is 0 Å². The Hall–Kier alpha value is -2.73. The number of hydrogen-bond donors (Lipinski definition) is 2. The molecule has 2 saturated heterocycles. The van der Waals surface area contributed by atoms with Gasteiger partial charge < -0.3 is 9.47 Å². The van der Waals surface area contributed by atoms with E-state index in [-0.39, 0.29) is 29.5 Å². The zero-order valence-electron chi connectivity index (χ0n) is 17.3. The molecule has 2 N–H and O–H groups in total. The van der Waals surface area contributed by atoms with E-state index in [1.165, 1.54) is 28.6 Å². The number of nitrogens with one attached hydrogen (secondary N) is 2. The van der Waals surface area contributed by atoms with Crippen molar-refractivity contribution in [2.24, 2.45) is 5.92 Å². The molecule has 0 bridgehead atoms. The molecule has 5 rings (SSSR count). The summed E-state index contributed by atoms with van der Waals surface area (Å²) in [7, 11) is -3.91. The SMILES string of the molecule is O=[N+]([O-])c1ccccc1S(=O)(=O)N1CCC(C2CC(c3ccc4c(c3)OCO4)NN2)CC1. The molecular formula is C21H24N4O6S. The molecule has 170 valence electrons. The predicted octanol–water partition coefficient (Wildman–Crippen LogP) is 2.33. The van der Waals surface area contributed by atoms with E-state index in [9.17, 15) is 18.5 Å². The second-order valence-electron chi connectivity index (χ2n) is 8.26. The van der Waals surface area contributed by atoms with Gasteiger partial charge in [-0.3, -0.25) is 21.0 Å². The minimum atomic E-state index is -3.91. The summed E-state index contributed by atoms with van der Waals surface area (Å²) < 4.78 is 38.3. The lowest BCUT2D eigenvalue weighted by Gasteiger charge is -2.33. The van der Waals surface area contributed by atoms with Crippen molar-refractivity contribution in [3.8, 4) is 11.5 Å². The van der Waals surface area contributed by atoms with Gasteiger partial charge in [0.25, 0.3) is 5.69 Å². The average Bonchev–Trinajstić information content (AvgIpc) is 3.48. The van der Waals surface area contributed by atoms with E-state index in [0.717, 1.165) is 23.5 Å². The lowest BCUT2D eigenvalue weighted by molar-refractivity contribution is -0.387. The quantitative estimate of drug-likeness (QED) is 0.515. The molecule has 10 nitrogen and oxygen atoms in total. The summed E-state index contributed by atoms with van der Waals surface area (Å²) >= 11 is 0. The molecule has 3 heterocycles. The second kappa shape index (κ2) is 8.32. The number of nitro benzene ring substituents is 1. The monoisotopic (exact) mass is 460 g/mol. The van der Waals surface area contributed by atoms with Crippen molar-refractivity contribution in [1.82, 2.24) is 15.2 Å². The van der Waals surface area contributed by atoms with Gasteiger partial charge in [0.1, 0.15) is 0 Å². The van der Waals surface area contributed by atoms with Crippen LogP contribution >= 0.6 is 0 Å². The number of piperidine rings is 1. The normalized spacial score (nSPS) is 24.0. The van der Waals surface area contributed by atoms with Gasteiger partial charge in [-0.25, -0.2) is 8.42 Å². The standard InChI is InChI=1S/C21H24N4O6S/c26-25(27)18-3-1-2-4-21(18)32(28,29)24-9-7-14(8-10-24)16-12-17(23-22-16)15-5-6-19-20(11-15)31-13-30-19/h1-6,11,14,16-17,22-23H,7-10,12-13H2. The van der Waals surface area contributed by atoms with Crippen molar-refractivity contribution in [2.75, 3.05) is 19.9 Å². The number of rotatable bonds is 5. The topological polar surface area (TPSA) is 123 Å². The zero-order chi connectivity index (χ0) is 22.3. The smallest absolute Gasteiger partial charge is 0.289 e. The first-order chi connectivity index (χ1) is 15.4. The molecule has 32 heavy (non-hydrogen) atoms. The van der Waals surface area contributed by atoms with Crippen molar-refractivity contribution in [2.45, 2.75) is 36.2 Å². The maximum Gasteiger partial charge on any atom is 0.289 e. The molecule has 0 aliphatic carbocycles. The van der Waals surface area contributed by atoms with E-state index >= 15 is 0 Å². The molecule has 2 aromatic rings. The number of hydrogen-bond acceptors (Lipinski definition) is 8. The van der Waals surface area contributed by atoms with Crippen LogP contribution in [0.15, 0.2) is 47.4 Å². The highest BCUT2D eigenvalue weighted by Crippen LogP contribution is 2.38. The summed E-state index contributed by atoms with van der Waals surface area (Å²) in [6.45, 7) is 0.920. The molecule has 0 aromatic heterocycles. The van der Waals surface area contributed by atoms with Crippen LogP contribution in [-0.2, 0) is 10.0 Å². The van der Waals surface area contributed by atoms with Gasteiger partial charge in [0, 0.05) is 31.2 Å². The third-order valence-electron chi connectivity index (χ3n) is 6.48. The van der Waals surface area contributed by atoms with Crippen LogP contribution in [0.25, 0.3) is 0 Å². The zero-order valence-corrected chi connectivity index (χ0v) is 18.1. The Kier molecular flexibility index (Phi) is 5.49. The third kappa shape index (κ3) is 3.81. The molecule has 0 saturated carbocycles. The number of benzene rings is 2. The summed E-state index contributed by atoms with van der Waals surface area (Å²) in [5.41, 5.74) is 7.44. The fourth-order valence-electron chi connectivity index (χ4n) is 4.72. The number of para-hydroxylation sites is 1. The molecular weight excluding hydrogens is 436 g/mol. The Morgan fingerprint density at radius 1 is 1.03 bits per heavy atom. The molecule has 3 aliphatic rings. The molecule has 0 radical (unpaired) electrons. The van der Waals surface area contributed by atoms with Gasteiger partial charge in [-0.2, -0.15) is 4.31 Å². The molecule has 2 atom stereocenters. The number of hydrazine groups is 1. The average molecular weight is 461 g/mol. The summed E-state index contributed by atoms with van der Waals surface area (Å²) in [6.07, 6.45) is 2.25. The predicted molar refractivity (Wildman–Crippen MR) is 115 cm³/mol. The summed E-state index contributed by atoms with van der Waals surface area (Å²) in [6, 6.07) is 11.8. The lowest BCUT2D eigenvalue weighted by Crippen LogP contribution is -2.44. The Labute approximate surface area is 185 Å². The molecule has 3 aliphatic heterocycles. The van der Waals surface area contributed by atoms with Gasteiger partial charge >= 0.3 is 0 Å². The number of sulfonamides is 1. The van der Waals surface area contributed by atoms with Gasteiger partial charge in [-0.05, 0) is 48.9 Å². The van der Waals surface area contributed by atoms with E-state index in [4.69, 9.17) is 9.47 Å². The van der Waals surface area contributed by atoms with Crippen molar-refractivity contribution >= 4 is 15.7 Å². The summed E-state index contributed by atoms with van der Waals surface area (Å²) in [5, 5.41) is 11.3. The van der Waals surface area contributed by atoms with Crippen LogP contribution in [0.1, 0.15) is 30.9 Å². The number of nitro groups is 1.